The summed E-state index contributed by atoms with van der Waals surface area (Å²) in [6, 6.07) is 4.81. The maximum Gasteiger partial charge on any atom is 0.224 e. The lowest BCUT2D eigenvalue weighted by Gasteiger charge is -2.09. The molecule has 104 valence electrons. The number of anilines is 1. The van der Waals surface area contributed by atoms with Gasteiger partial charge in [-0.2, -0.15) is 0 Å². The van der Waals surface area contributed by atoms with Crippen LogP contribution in [0.25, 0.3) is 0 Å². The molecule has 1 aliphatic rings. The van der Waals surface area contributed by atoms with Gasteiger partial charge >= 0.3 is 0 Å². The zero-order chi connectivity index (χ0) is 14.0. The molecule has 0 bridgehead atoms. The Morgan fingerprint density at radius 2 is 2.05 bits per heavy atom. The van der Waals surface area contributed by atoms with E-state index in [0.29, 0.717) is 22.2 Å². The fraction of sp³-hybridized carbons (Fsp3) is 0.417. The van der Waals surface area contributed by atoms with E-state index in [0.717, 1.165) is 0 Å². The fourth-order valence-corrected chi connectivity index (χ4v) is 4.24. The third kappa shape index (κ3) is 4.09. The third-order valence-corrected chi connectivity index (χ3v) is 5.58. The summed E-state index contributed by atoms with van der Waals surface area (Å²) < 4.78 is 22.6. The highest BCUT2D eigenvalue weighted by atomic mass is 35.5. The number of rotatable bonds is 3. The SMILES string of the molecule is O=C(C[C@H]1CCS(=O)(=O)C1)Nc1ccc(Cl)c(Cl)c1. The van der Waals surface area contributed by atoms with Crippen molar-refractivity contribution in [2.45, 2.75) is 12.8 Å². The van der Waals surface area contributed by atoms with E-state index in [9.17, 15) is 13.2 Å². The van der Waals surface area contributed by atoms with Gasteiger partial charge in [-0.25, -0.2) is 8.42 Å². The van der Waals surface area contributed by atoms with Gasteiger partial charge in [0.15, 0.2) is 9.84 Å². The highest BCUT2D eigenvalue weighted by Gasteiger charge is 2.29. The quantitative estimate of drug-likeness (QED) is 0.931. The Morgan fingerprint density at radius 1 is 1.32 bits per heavy atom. The Kier molecular flexibility index (Phi) is 4.38. The Labute approximate surface area is 122 Å². The normalized spacial score (nSPS) is 21.3. The maximum atomic E-state index is 11.8. The molecule has 1 amide bonds. The van der Waals surface area contributed by atoms with Crippen molar-refractivity contribution >= 4 is 44.6 Å². The van der Waals surface area contributed by atoms with Crippen LogP contribution in [-0.4, -0.2) is 25.8 Å². The number of carbonyl (C=O) groups excluding carboxylic acids is 1. The van der Waals surface area contributed by atoms with Crippen LogP contribution < -0.4 is 5.32 Å². The van der Waals surface area contributed by atoms with Gasteiger partial charge in [0.25, 0.3) is 0 Å². The Hall–Kier alpha value is -0.780. The van der Waals surface area contributed by atoms with Crippen LogP contribution in [-0.2, 0) is 14.6 Å². The highest BCUT2D eigenvalue weighted by molar-refractivity contribution is 7.91. The van der Waals surface area contributed by atoms with Gasteiger partial charge in [0, 0.05) is 12.1 Å². The zero-order valence-corrected chi connectivity index (χ0v) is 12.4. The molecule has 1 aromatic rings. The van der Waals surface area contributed by atoms with Crippen LogP contribution in [0.1, 0.15) is 12.8 Å². The molecular formula is C12H13Cl2NO3S. The number of sulfone groups is 1. The second-order valence-corrected chi connectivity index (χ2v) is 7.69. The first-order valence-electron chi connectivity index (χ1n) is 5.81. The monoisotopic (exact) mass is 321 g/mol. The zero-order valence-electron chi connectivity index (χ0n) is 10.0. The van der Waals surface area contributed by atoms with Gasteiger partial charge in [-0.3, -0.25) is 4.79 Å². The minimum Gasteiger partial charge on any atom is -0.326 e. The lowest BCUT2D eigenvalue weighted by molar-refractivity contribution is -0.116. The van der Waals surface area contributed by atoms with Gasteiger partial charge in [0.2, 0.25) is 5.91 Å². The number of benzene rings is 1. The van der Waals surface area contributed by atoms with Crippen molar-refractivity contribution in [2.75, 3.05) is 16.8 Å². The summed E-state index contributed by atoms with van der Waals surface area (Å²) >= 11 is 11.6. The van der Waals surface area contributed by atoms with E-state index in [1.54, 1.807) is 18.2 Å². The van der Waals surface area contributed by atoms with E-state index in [2.05, 4.69) is 5.32 Å². The first kappa shape index (κ1) is 14.6. The highest BCUT2D eigenvalue weighted by Crippen LogP contribution is 2.26. The molecule has 1 heterocycles. The average Bonchev–Trinajstić information content (AvgIpc) is 2.63. The van der Waals surface area contributed by atoms with Crippen LogP contribution >= 0.6 is 23.2 Å². The summed E-state index contributed by atoms with van der Waals surface area (Å²) in [5.41, 5.74) is 0.556. The predicted octanol–water partition coefficient (Wildman–Crippen LogP) is 2.76. The Morgan fingerprint density at radius 3 is 2.63 bits per heavy atom. The van der Waals surface area contributed by atoms with E-state index < -0.39 is 9.84 Å². The number of carbonyl (C=O) groups is 1. The number of halogens is 2. The number of nitrogens with one attached hydrogen (secondary N) is 1. The Bertz CT molecular complexity index is 601. The van der Waals surface area contributed by atoms with Crippen molar-refractivity contribution in [3.05, 3.63) is 28.2 Å². The molecule has 7 heteroatoms. The predicted molar refractivity (Wildman–Crippen MR) is 76.5 cm³/mol. The molecule has 0 unspecified atom stereocenters. The van der Waals surface area contributed by atoms with Crippen molar-refractivity contribution in [2.24, 2.45) is 5.92 Å². The van der Waals surface area contributed by atoms with Crippen molar-refractivity contribution in [1.82, 2.24) is 0 Å². The van der Waals surface area contributed by atoms with Crippen molar-refractivity contribution in [3.63, 3.8) is 0 Å². The Balaban J connectivity index is 1.93. The van der Waals surface area contributed by atoms with Crippen LogP contribution in [0.3, 0.4) is 0 Å². The van der Waals surface area contributed by atoms with Gasteiger partial charge in [-0.05, 0) is 30.5 Å². The first-order valence-corrected chi connectivity index (χ1v) is 8.39. The lowest BCUT2D eigenvalue weighted by Crippen LogP contribution is -2.17. The first-order chi connectivity index (χ1) is 8.85. The topological polar surface area (TPSA) is 63.2 Å². The summed E-state index contributed by atoms with van der Waals surface area (Å²) in [4.78, 5) is 11.8. The molecule has 0 spiro atoms. The van der Waals surface area contributed by atoms with Gasteiger partial charge < -0.3 is 5.32 Å². The molecule has 0 radical (unpaired) electrons. The van der Waals surface area contributed by atoms with E-state index in [1.807, 2.05) is 0 Å². The minimum atomic E-state index is -2.94. The molecule has 1 aliphatic heterocycles. The van der Waals surface area contributed by atoms with Gasteiger partial charge in [-0.1, -0.05) is 23.2 Å². The summed E-state index contributed by atoms with van der Waals surface area (Å²) in [7, 11) is -2.94. The molecule has 1 aromatic carbocycles. The second-order valence-electron chi connectivity index (χ2n) is 4.65. The smallest absolute Gasteiger partial charge is 0.224 e. The molecule has 1 fully saturated rings. The molecule has 0 aliphatic carbocycles. The van der Waals surface area contributed by atoms with E-state index >= 15 is 0 Å². The van der Waals surface area contributed by atoms with Gasteiger partial charge in [0.05, 0.1) is 21.6 Å². The molecular weight excluding hydrogens is 309 g/mol. The molecule has 2 rings (SSSR count). The molecule has 1 saturated heterocycles. The van der Waals surface area contributed by atoms with E-state index in [4.69, 9.17) is 23.2 Å². The summed E-state index contributed by atoms with van der Waals surface area (Å²) in [6.07, 6.45) is 0.761. The summed E-state index contributed by atoms with van der Waals surface area (Å²) in [5, 5.41) is 3.47. The summed E-state index contributed by atoms with van der Waals surface area (Å²) in [5.74, 6) is -0.0206. The molecule has 0 saturated carbocycles. The molecule has 19 heavy (non-hydrogen) atoms. The molecule has 1 atom stereocenters. The standard InChI is InChI=1S/C12H13Cl2NO3S/c13-10-2-1-9(6-11(10)14)15-12(16)5-8-3-4-19(17,18)7-8/h1-2,6,8H,3-5,7H2,(H,15,16)/t8-/m1/s1. The lowest BCUT2D eigenvalue weighted by atomic mass is 10.1. The molecule has 1 N–H and O–H groups in total. The third-order valence-electron chi connectivity index (χ3n) is 3.00. The summed E-state index contributed by atoms with van der Waals surface area (Å²) in [6.45, 7) is 0. The van der Waals surface area contributed by atoms with Crippen molar-refractivity contribution in [3.8, 4) is 0 Å². The van der Waals surface area contributed by atoms with Crippen LogP contribution in [0.5, 0.6) is 0 Å². The van der Waals surface area contributed by atoms with Crippen LogP contribution in [0.4, 0.5) is 5.69 Å². The van der Waals surface area contributed by atoms with Gasteiger partial charge in [0.1, 0.15) is 0 Å². The van der Waals surface area contributed by atoms with Gasteiger partial charge in [-0.15, -0.1) is 0 Å². The van der Waals surface area contributed by atoms with Crippen molar-refractivity contribution in [1.29, 1.82) is 0 Å². The molecule has 4 nitrogen and oxygen atoms in total. The number of amides is 1. The van der Waals surface area contributed by atoms with Crippen LogP contribution in [0.2, 0.25) is 10.0 Å². The van der Waals surface area contributed by atoms with Crippen molar-refractivity contribution < 1.29 is 13.2 Å². The minimum absolute atomic E-state index is 0.0900. The van der Waals surface area contributed by atoms with Crippen LogP contribution in [0.15, 0.2) is 18.2 Å². The number of hydrogen-bond acceptors (Lipinski definition) is 3. The van der Waals surface area contributed by atoms with E-state index in [-0.39, 0.29) is 29.8 Å². The largest absolute Gasteiger partial charge is 0.326 e. The molecule has 0 aromatic heterocycles. The maximum absolute atomic E-state index is 11.8. The average molecular weight is 322 g/mol. The van der Waals surface area contributed by atoms with Crippen LogP contribution in [0, 0.1) is 5.92 Å². The fourth-order valence-electron chi connectivity index (χ4n) is 2.08. The second kappa shape index (κ2) is 5.69. The number of hydrogen-bond donors (Lipinski definition) is 1. The van der Waals surface area contributed by atoms with E-state index in [1.165, 1.54) is 0 Å².